The molecular formula is C8H9Cl2FN2O. The zero-order valence-electron chi connectivity index (χ0n) is 7.56. The van der Waals surface area contributed by atoms with Gasteiger partial charge in [0.15, 0.2) is 21.9 Å². The molecule has 3 nitrogen and oxygen atoms in total. The van der Waals surface area contributed by atoms with Gasteiger partial charge in [0.2, 0.25) is 0 Å². The molecule has 0 saturated heterocycles. The van der Waals surface area contributed by atoms with E-state index in [1.807, 2.05) is 6.92 Å². The summed E-state index contributed by atoms with van der Waals surface area (Å²) < 4.78 is 18.0. The van der Waals surface area contributed by atoms with Gasteiger partial charge in [-0.1, -0.05) is 30.1 Å². The number of ether oxygens (including phenoxy) is 1. The highest BCUT2D eigenvalue weighted by molar-refractivity contribution is 6.33. The number of hydrogen-bond acceptors (Lipinski definition) is 3. The highest BCUT2D eigenvalue weighted by atomic mass is 35.5. The molecule has 1 heterocycles. The molecule has 0 amide bonds. The Balaban J connectivity index is 2.69. The van der Waals surface area contributed by atoms with Crippen LogP contribution in [0.4, 0.5) is 4.39 Å². The number of rotatable bonds is 4. The quantitative estimate of drug-likeness (QED) is 0.598. The highest BCUT2D eigenvalue weighted by Crippen LogP contribution is 2.18. The smallest absolute Gasteiger partial charge is 0.197 e. The van der Waals surface area contributed by atoms with Crippen molar-refractivity contribution in [2.45, 2.75) is 20.0 Å². The summed E-state index contributed by atoms with van der Waals surface area (Å²) >= 11 is 10.9. The maximum atomic E-state index is 12.9. The molecule has 6 heteroatoms. The Labute approximate surface area is 91.2 Å². The lowest BCUT2D eigenvalue weighted by Crippen LogP contribution is -2.02. The number of nitrogens with zero attached hydrogens (tertiary/aromatic N) is 2. The second-order valence-electron chi connectivity index (χ2n) is 2.59. The number of halogens is 3. The summed E-state index contributed by atoms with van der Waals surface area (Å²) in [7, 11) is 0. The Morgan fingerprint density at radius 1 is 1.29 bits per heavy atom. The van der Waals surface area contributed by atoms with Crippen LogP contribution in [0.15, 0.2) is 0 Å². The van der Waals surface area contributed by atoms with E-state index in [1.54, 1.807) is 0 Å². The van der Waals surface area contributed by atoms with Crippen LogP contribution in [0.5, 0.6) is 0 Å². The molecule has 0 saturated carbocycles. The van der Waals surface area contributed by atoms with Crippen molar-refractivity contribution in [3.8, 4) is 0 Å². The van der Waals surface area contributed by atoms with Gasteiger partial charge in [0.05, 0.1) is 0 Å². The van der Waals surface area contributed by atoms with Crippen molar-refractivity contribution in [1.82, 2.24) is 9.97 Å². The third-order valence-corrected chi connectivity index (χ3v) is 1.90. The Kier molecular flexibility index (Phi) is 4.51. The van der Waals surface area contributed by atoms with Gasteiger partial charge in [-0.3, -0.25) is 0 Å². The van der Waals surface area contributed by atoms with Crippen LogP contribution in [0.25, 0.3) is 0 Å². The van der Waals surface area contributed by atoms with Gasteiger partial charge < -0.3 is 4.74 Å². The van der Waals surface area contributed by atoms with Gasteiger partial charge in [-0.2, -0.15) is 0 Å². The van der Waals surface area contributed by atoms with Crippen LogP contribution >= 0.6 is 23.2 Å². The average Bonchev–Trinajstić information content (AvgIpc) is 2.14. The number of aromatic nitrogens is 2. The van der Waals surface area contributed by atoms with Crippen LogP contribution in [0.3, 0.4) is 0 Å². The molecule has 0 N–H and O–H groups in total. The molecule has 0 aromatic carbocycles. The summed E-state index contributed by atoms with van der Waals surface area (Å²) in [5, 5.41) is -0.555. The van der Waals surface area contributed by atoms with Crippen LogP contribution in [-0.2, 0) is 11.3 Å². The Morgan fingerprint density at radius 3 is 2.36 bits per heavy atom. The highest BCUT2D eigenvalue weighted by Gasteiger charge is 2.10. The first-order valence-electron chi connectivity index (χ1n) is 4.10. The van der Waals surface area contributed by atoms with Crippen molar-refractivity contribution >= 4 is 23.2 Å². The van der Waals surface area contributed by atoms with Gasteiger partial charge in [-0.15, -0.1) is 0 Å². The molecule has 0 aliphatic rings. The van der Waals surface area contributed by atoms with E-state index < -0.39 is 5.82 Å². The van der Waals surface area contributed by atoms with Crippen molar-refractivity contribution in [1.29, 1.82) is 0 Å². The molecule has 78 valence electrons. The molecule has 0 radical (unpaired) electrons. The first-order chi connectivity index (χ1) is 6.65. The molecule has 0 atom stereocenters. The summed E-state index contributed by atoms with van der Waals surface area (Å²) in [6, 6.07) is 0. The standard InChI is InChI=1S/C8H9Cl2FN2O/c1-2-3-14-4-5-12-7(9)6(11)8(10)13-5/h2-4H2,1H3. The fourth-order valence-electron chi connectivity index (χ4n) is 0.807. The summed E-state index contributed by atoms with van der Waals surface area (Å²) in [5.41, 5.74) is 0. The molecule has 0 aliphatic carbocycles. The van der Waals surface area contributed by atoms with Gasteiger partial charge in [-0.25, -0.2) is 14.4 Å². The van der Waals surface area contributed by atoms with E-state index in [2.05, 4.69) is 9.97 Å². The minimum atomic E-state index is -0.799. The SMILES string of the molecule is CCCOCc1nc(Cl)c(F)c(Cl)n1. The van der Waals surface area contributed by atoms with Crippen molar-refractivity contribution in [2.75, 3.05) is 6.61 Å². The third kappa shape index (κ3) is 3.04. The van der Waals surface area contributed by atoms with Crippen molar-refractivity contribution < 1.29 is 9.13 Å². The Morgan fingerprint density at radius 2 is 1.86 bits per heavy atom. The molecule has 1 aromatic heterocycles. The molecule has 0 spiro atoms. The van der Waals surface area contributed by atoms with Crippen LogP contribution in [0.1, 0.15) is 19.2 Å². The molecule has 1 rings (SSSR count). The van der Waals surface area contributed by atoms with Crippen LogP contribution < -0.4 is 0 Å². The fourth-order valence-corrected chi connectivity index (χ4v) is 1.23. The first kappa shape index (κ1) is 11.6. The normalized spacial score (nSPS) is 10.6. The summed E-state index contributed by atoms with van der Waals surface area (Å²) in [4.78, 5) is 7.35. The van der Waals surface area contributed by atoms with E-state index in [9.17, 15) is 4.39 Å². The lowest BCUT2D eigenvalue weighted by atomic mass is 10.5. The second kappa shape index (κ2) is 5.44. The van der Waals surface area contributed by atoms with Crippen molar-refractivity contribution in [3.63, 3.8) is 0 Å². The van der Waals surface area contributed by atoms with Gasteiger partial charge in [0.25, 0.3) is 0 Å². The molecule has 1 aromatic rings. The minimum Gasteiger partial charge on any atom is -0.373 e. The minimum absolute atomic E-state index is 0.188. The van der Waals surface area contributed by atoms with Gasteiger partial charge >= 0.3 is 0 Å². The molecule has 0 fully saturated rings. The van der Waals surface area contributed by atoms with Crippen molar-refractivity contribution in [2.24, 2.45) is 0 Å². The van der Waals surface area contributed by atoms with Crippen LogP contribution in [-0.4, -0.2) is 16.6 Å². The van der Waals surface area contributed by atoms with E-state index in [0.717, 1.165) is 6.42 Å². The molecule has 14 heavy (non-hydrogen) atoms. The zero-order chi connectivity index (χ0) is 10.6. The predicted molar refractivity (Wildman–Crippen MR) is 52.0 cm³/mol. The summed E-state index contributed by atoms with van der Waals surface area (Å²) in [6.45, 7) is 2.76. The van der Waals surface area contributed by atoms with Gasteiger partial charge in [0.1, 0.15) is 6.61 Å². The maximum Gasteiger partial charge on any atom is 0.197 e. The second-order valence-corrected chi connectivity index (χ2v) is 3.30. The predicted octanol–water partition coefficient (Wildman–Crippen LogP) is 2.85. The molecular weight excluding hydrogens is 230 g/mol. The topological polar surface area (TPSA) is 35.0 Å². The van der Waals surface area contributed by atoms with E-state index in [-0.39, 0.29) is 22.7 Å². The fraction of sp³-hybridized carbons (Fsp3) is 0.500. The Bertz CT molecular complexity index is 299. The van der Waals surface area contributed by atoms with Crippen LogP contribution in [0, 0.1) is 5.82 Å². The zero-order valence-corrected chi connectivity index (χ0v) is 9.07. The average molecular weight is 239 g/mol. The molecule has 0 unspecified atom stereocenters. The number of hydrogen-bond donors (Lipinski definition) is 0. The van der Waals surface area contributed by atoms with E-state index in [4.69, 9.17) is 27.9 Å². The van der Waals surface area contributed by atoms with E-state index in [0.29, 0.717) is 6.61 Å². The lowest BCUT2D eigenvalue weighted by Gasteiger charge is -2.03. The third-order valence-electron chi connectivity index (χ3n) is 1.40. The molecule has 0 bridgehead atoms. The van der Waals surface area contributed by atoms with Crippen molar-refractivity contribution in [3.05, 3.63) is 21.9 Å². The molecule has 0 aliphatic heterocycles. The maximum absolute atomic E-state index is 12.9. The first-order valence-corrected chi connectivity index (χ1v) is 4.86. The lowest BCUT2D eigenvalue weighted by molar-refractivity contribution is 0.116. The summed E-state index contributed by atoms with van der Waals surface area (Å²) in [6.07, 6.45) is 0.892. The Hall–Kier alpha value is -0.450. The monoisotopic (exact) mass is 238 g/mol. The largest absolute Gasteiger partial charge is 0.373 e. The van der Waals surface area contributed by atoms with E-state index >= 15 is 0 Å². The summed E-state index contributed by atoms with van der Waals surface area (Å²) in [5.74, 6) is -0.512. The van der Waals surface area contributed by atoms with E-state index in [1.165, 1.54) is 0 Å². The van der Waals surface area contributed by atoms with Crippen LogP contribution in [0.2, 0.25) is 10.3 Å². The van der Waals surface area contributed by atoms with Gasteiger partial charge in [-0.05, 0) is 6.42 Å². The van der Waals surface area contributed by atoms with Gasteiger partial charge in [0, 0.05) is 6.61 Å².